The van der Waals surface area contributed by atoms with Gasteiger partial charge < -0.3 is 13.8 Å². The Bertz CT molecular complexity index is 3000. The molecule has 0 bridgehead atoms. The molecule has 9 aromatic rings. The van der Waals surface area contributed by atoms with E-state index in [2.05, 4.69) is 214 Å². The smallest absolute Gasteiger partial charge is 0.337 e. The first-order valence-corrected chi connectivity index (χ1v) is 20.1. The van der Waals surface area contributed by atoms with Crippen LogP contribution < -0.4 is 20.7 Å². The van der Waals surface area contributed by atoms with Gasteiger partial charge in [0.15, 0.2) is 0 Å². The van der Waals surface area contributed by atoms with Crippen molar-refractivity contribution in [1.29, 1.82) is 0 Å². The maximum Gasteiger partial charge on any atom is 0.337 e. The van der Waals surface area contributed by atoms with Crippen LogP contribution in [0, 0.1) is 0 Å². The van der Waals surface area contributed by atoms with Gasteiger partial charge in [-0.2, -0.15) is 0 Å². The predicted octanol–water partition coefficient (Wildman–Crippen LogP) is 13.0. The molecule has 0 saturated heterocycles. The molecule has 2 aliphatic heterocycles. The minimum Gasteiger partial charge on any atom is -0.440 e. The van der Waals surface area contributed by atoms with E-state index < -0.39 is 0 Å². The molecule has 0 aliphatic carbocycles. The van der Waals surface area contributed by atoms with Crippen molar-refractivity contribution >= 4 is 84.9 Å². The Morgan fingerprint density at radius 3 is 1.82 bits per heavy atom. The SMILES string of the molecule is CC(C)(C)c1ccc(N2c3cc(C(C)(C)C)cc4c3B(c3c2oc2ccccc32)n2c3ccccc3c3c(N(c5ccccc5)c5ccccc5)ccc-4c32)cc1. The van der Waals surface area contributed by atoms with Gasteiger partial charge in [-0.1, -0.05) is 139 Å². The number of nitrogens with zero attached hydrogens (tertiary/aromatic N) is 3. The lowest BCUT2D eigenvalue weighted by atomic mass is 9.45. The number of fused-ring (bicyclic) bond motifs is 9. The van der Waals surface area contributed by atoms with Crippen LogP contribution in [0.3, 0.4) is 0 Å². The van der Waals surface area contributed by atoms with Gasteiger partial charge in [-0.15, -0.1) is 0 Å². The van der Waals surface area contributed by atoms with Crippen molar-refractivity contribution < 1.29 is 4.42 Å². The average Bonchev–Trinajstić information content (AvgIpc) is 3.77. The third-order valence-electron chi connectivity index (χ3n) is 12.3. The molecule has 57 heavy (non-hydrogen) atoms. The molecular formula is C52H44BN3O. The Balaban J connectivity index is 1.29. The first-order chi connectivity index (χ1) is 27.6. The lowest BCUT2D eigenvalue weighted by Crippen LogP contribution is -2.56. The van der Waals surface area contributed by atoms with Crippen molar-refractivity contribution in [1.82, 2.24) is 4.48 Å². The van der Waals surface area contributed by atoms with Crippen molar-refractivity contribution in [2.24, 2.45) is 0 Å². The standard InChI is InChI=1S/C52H44BN3O/c1-51(2,3)33-25-27-37(28-26-33)55-44-32-34(52(4,5)6)31-41-38-29-30-43(54(35-17-9-7-10-18-35)36-19-11-8-12-20-36)46-39-21-13-15-23-42(39)56(49(38)46)53(47(41)44)48-40-22-14-16-24-45(40)57-50(48)55/h7-32H,1-6H3. The molecule has 276 valence electrons. The molecule has 5 heteroatoms. The molecule has 11 rings (SSSR count). The third-order valence-corrected chi connectivity index (χ3v) is 12.3. The van der Waals surface area contributed by atoms with E-state index >= 15 is 0 Å². The minimum absolute atomic E-state index is 0.0430. The Hall–Kier alpha value is -6.46. The van der Waals surface area contributed by atoms with E-state index in [1.807, 2.05) is 0 Å². The second-order valence-corrected chi connectivity index (χ2v) is 17.8. The summed E-state index contributed by atoms with van der Waals surface area (Å²) in [5.41, 5.74) is 16.6. The fourth-order valence-electron chi connectivity index (χ4n) is 9.49. The lowest BCUT2D eigenvalue weighted by molar-refractivity contribution is 0.589. The monoisotopic (exact) mass is 737 g/mol. The molecule has 0 saturated carbocycles. The van der Waals surface area contributed by atoms with Crippen LogP contribution in [-0.2, 0) is 10.8 Å². The Labute approximate surface area is 334 Å². The predicted molar refractivity (Wildman–Crippen MR) is 242 cm³/mol. The van der Waals surface area contributed by atoms with Crippen LogP contribution in [0.25, 0.3) is 43.9 Å². The van der Waals surface area contributed by atoms with E-state index in [4.69, 9.17) is 4.42 Å². The van der Waals surface area contributed by atoms with Crippen molar-refractivity contribution in [3.63, 3.8) is 0 Å². The Kier molecular flexibility index (Phi) is 7.14. The summed E-state index contributed by atoms with van der Waals surface area (Å²) >= 11 is 0. The van der Waals surface area contributed by atoms with Gasteiger partial charge in [-0.3, -0.25) is 4.90 Å². The maximum absolute atomic E-state index is 7.09. The maximum atomic E-state index is 7.09. The highest BCUT2D eigenvalue weighted by atomic mass is 16.4. The normalized spacial score (nSPS) is 13.4. The van der Waals surface area contributed by atoms with Crippen LogP contribution in [0.2, 0.25) is 0 Å². The largest absolute Gasteiger partial charge is 0.440 e. The third kappa shape index (κ3) is 4.94. The minimum atomic E-state index is -0.125. The quantitative estimate of drug-likeness (QED) is 0.168. The molecule has 0 fully saturated rings. The van der Waals surface area contributed by atoms with E-state index in [9.17, 15) is 0 Å². The number of benzene rings is 7. The van der Waals surface area contributed by atoms with Crippen LogP contribution in [0.15, 0.2) is 162 Å². The van der Waals surface area contributed by atoms with Crippen LogP contribution in [-0.4, -0.2) is 11.3 Å². The van der Waals surface area contributed by atoms with Gasteiger partial charge in [0.1, 0.15) is 5.58 Å². The van der Waals surface area contributed by atoms with Crippen molar-refractivity contribution in [2.45, 2.75) is 52.4 Å². The van der Waals surface area contributed by atoms with Gasteiger partial charge in [0.25, 0.3) is 0 Å². The number of aromatic nitrogens is 1. The van der Waals surface area contributed by atoms with Crippen LogP contribution in [0.4, 0.5) is 34.3 Å². The lowest BCUT2D eigenvalue weighted by Gasteiger charge is -2.39. The van der Waals surface area contributed by atoms with Crippen molar-refractivity contribution in [3.05, 3.63) is 169 Å². The van der Waals surface area contributed by atoms with Gasteiger partial charge in [0.05, 0.1) is 5.69 Å². The summed E-state index contributed by atoms with van der Waals surface area (Å²) in [6.45, 7) is 13.7. The van der Waals surface area contributed by atoms with Crippen LogP contribution in [0.5, 0.6) is 0 Å². The highest BCUT2D eigenvalue weighted by Gasteiger charge is 2.46. The average molecular weight is 738 g/mol. The van der Waals surface area contributed by atoms with E-state index in [0.717, 1.165) is 39.6 Å². The summed E-state index contributed by atoms with van der Waals surface area (Å²) in [5, 5.41) is 3.63. The first kappa shape index (κ1) is 33.8. The van der Waals surface area contributed by atoms with Crippen LogP contribution >= 0.6 is 0 Å². The summed E-state index contributed by atoms with van der Waals surface area (Å²) in [6.07, 6.45) is 0. The fourth-order valence-corrected chi connectivity index (χ4v) is 9.49. The summed E-state index contributed by atoms with van der Waals surface area (Å²) < 4.78 is 9.73. The van der Waals surface area contributed by atoms with Gasteiger partial charge in [-0.25, -0.2) is 0 Å². The van der Waals surface area contributed by atoms with Crippen molar-refractivity contribution in [3.8, 4) is 11.1 Å². The zero-order valence-electron chi connectivity index (χ0n) is 33.3. The highest BCUT2D eigenvalue weighted by molar-refractivity contribution is 6.91. The molecule has 7 aromatic carbocycles. The van der Waals surface area contributed by atoms with E-state index in [1.54, 1.807) is 0 Å². The van der Waals surface area contributed by atoms with Gasteiger partial charge in [-0.05, 0) is 93.6 Å². The number of anilines is 6. The summed E-state index contributed by atoms with van der Waals surface area (Å²) in [6, 6.07) is 58.0. The Morgan fingerprint density at radius 1 is 0.544 bits per heavy atom. The zero-order chi connectivity index (χ0) is 38.8. The molecular weight excluding hydrogens is 693 g/mol. The molecule has 2 aromatic heterocycles. The number of para-hydroxylation sites is 4. The highest BCUT2D eigenvalue weighted by Crippen LogP contribution is 2.51. The van der Waals surface area contributed by atoms with Crippen molar-refractivity contribution in [2.75, 3.05) is 9.80 Å². The zero-order valence-corrected chi connectivity index (χ0v) is 33.3. The summed E-state index contributed by atoms with van der Waals surface area (Å²) in [7, 11) is 0. The molecule has 4 nitrogen and oxygen atoms in total. The molecule has 0 amide bonds. The van der Waals surface area contributed by atoms with E-state index in [0.29, 0.717) is 0 Å². The second kappa shape index (κ2) is 12.0. The number of rotatable bonds is 4. The van der Waals surface area contributed by atoms with Gasteiger partial charge in [0.2, 0.25) is 5.88 Å². The number of furan rings is 1. The van der Waals surface area contributed by atoms with Gasteiger partial charge in [0, 0.05) is 61.0 Å². The molecule has 0 unspecified atom stereocenters. The summed E-state index contributed by atoms with van der Waals surface area (Å²) in [5.74, 6) is 0.884. The molecule has 0 radical (unpaired) electrons. The van der Waals surface area contributed by atoms with Gasteiger partial charge >= 0.3 is 6.85 Å². The summed E-state index contributed by atoms with van der Waals surface area (Å²) in [4.78, 5) is 4.83. The van der Waals surface area contributed by atoms with Crippen LogP contribution in [0.1, 0.15) is 52.7 Å². The Morgan fingerprint density at radius 2 is 1.16 bits per heavy atom. The molecule has 0 N–H and O–H groups in total. The molecule has 0 atom stereocenters. The fraction of sp³-hybridized carbons (Fsp3) is 0.154. The van der Waals surface area contributed by atoms with E-state index in [1.165, 1.54) is 60.7 Å². The number of hydrogen-bond acceptors (Lipinski definition) is 3. The molecule has 4 heterocycles. The number of hydrogen-bond donors (Lipinski definition) is 0. The molecule has 0 spiro atoms. The van der Waals surface area contributed by atoms with E-state index in [-0.39, 0.29) is 17.7 Å². The second-order valence-electron chi connectivity index (χ2n) is 17.8. The first-order valence-electron chi connectivity index (χ1n) is 20.1. The molecule has 2 aliphatic rings. The topological polar surface area (TPSA) is 24.6 Å².